The van der Waals surface area contributed by atoms with Gasteiger partial charge in [0.1, 0.15) is 24.5 Å². The van der Waals surface area contributed by atoms with E-state index in [1.54, 1.807) is 18.1 Å². The van der Waals surface area contributed by atoms with Crippen molar-refractivity contribution in [2.45, 2.75) is 51.1 Å². The van der Waals surface area contributed by atoms with Gasteiger partial charge in [0.2, 0.25) is 11.8 Å². The van der Waals surface area contributed by atoms with Gasteiger partial charge in [-0.25, -0.2) is 9.97 Å². The average molecular weight is 516 g/mol. The Balaban J connectivity index is 1.07. The summed E-state index contributed by atoms with van der Waals surface area (Å²) in [5.41, 5.74) is 3.54. The highest BCUT2D eigenvalue weighted by atomic mass is 16.5. The van der Waals surface area contributed by atoms with E-state index in [0.717, 1.165) is 48.3 Å². The molecule has 0 radical (unpaired) electrons. The maximum atomic E-state index is 12.9. The molecule has 0 aliphatic carbocycles. The summed E-state index contributed by atoms with van der Waals surface area (Å²) in [5.74, 6) is 0.529. The third-order valence-electron chi connectivity index (χ3n) is 7.40. The number of nitrogens with zero attached hydrogens (tertiary/aromatic N) is 4. The van der Waals surface area contributed by atoms with E-state index in [9.17, 15) is 14.4 Å². The molecule has 2 atom stereocenters. The van der Waals surface area contributed by atoms with Crippen LogP contribution in [0.25, 0.3) is 10.9 Å². The number of imide groups is 1. The number of methoxy groups -OCH3 is 1. The van der Waals surface area contributed by atoms with E-state index < -0.39 is 11.9 Å². The van der Waals surface area contributed by atoms with Crippen molar-refractivity contribution < 1.29 is 23.9 Å². The molecule has 38 heavy (non-hydrogen) atoms. The van der Waals surface area contributed by atoms with Crippen LogP contribution in [-0.2, 0) is 34.0 Å². The first-order chi connectivity index (χ1) is 18.5. The summed E-state index contributed by atoms with van der Waals surface area (Å²) < 4.78 is 11.4. The molecule has 6 rings (SSSR count). The van der Waals surface area contributed by atoms with E-state index in [4.69, 9.17) is 9.47 Å². The largest absolute Gasteiger partial charge is 0.489 e. The standard InChI is InChI=1S/C28H29N5O5/c1-37-16-25-29-12-18-10-17(2-5-23(18)30-25)13-32-9-8-21(15-32)38-20-3-4-22-19(11-20)14-33(28(22)36)24-6-7-26(34)31-27(24)35/h2-5,10-12,21,24H,6-9,13-16H2,1H3,(H,31,34,35)/t21-,24?/m0/s1. The topological polar surface area (TPSA) is 114 Å². The molecule has 0 spiro atoms. The number of likely N-dealkylation sites (tertiary alicyclic amines) is 1. The van der Waals surface area contributed by atoms with Crippen LogP contribution in [-0.4, -0.2) is 69.8 Å². The Morgan fingerprint density at radius 2 is 2.00 bits per heavy atom. The van der Waals surface area contributed by atoms with Gasteiger partial charge in [-0.05, 0) is 54.3 Å². The predicted molar refractivity (Wildman–Crippen MR) is 137 cm³/mol. The Morgan fingerprint density at radius 1 is 1.11 bits per heavy atom. The highest BCUT2D eigenvalue weighted by Crippen LogP contribution is 2.31. The summed E-state index contributed by atoms with van der Waals surface area (Å²) >= 11 is 0. The Morgan fingerprint density at radius 3 is 2.84 bits per heavy atom. The second-order valence-corrected chi connectivity index (χ2v) is 10.1. The van der Waals surface area contributed by atoms with Gasteiger partial charge < -0.3 is 14.4 Å². The monoisotopic (exact) mass is 515 g/mol. The van der Waals surface area contributed by atoms with Crippen LogP contribution in [0.4, 0.5) is 0 Å². The molecule has 2 fully saturated rings. The van der Waals surface area contributed by atoms with Crippen molar-refractivity contribution in [3.63, 3.8) is 0 Å². The highest BCUT2D eigenvalue weighted by Gasteiger charge is 2.39. The lowest BCUT2D eigenvalue weighted by Gasteiger charge is -2.29. The van der Waals surface area contributed by atoms with E-state index in [2.05, 4.69) is 32.3 Å². The van der Waals surface area contributed by atoms with Crippen LogP contribution in [0.15, 0.2) is 42.6 Å². The zero-order valence-electron chi connectivity index (χ0n) is 21.2. The van der Waals surface area contributed by atoms with Gasteiger partial charge in [-0.2, -0.15) is 0 Å². The molecule has 1 N–H and O–H groups in total. The number of hydrogen-bond acceptors (Lipinski definition) is 8. The SMILES string of the molecule is COCc1ncc2cc(CN3CC[C@H](Oc4ccc5c(c4)CN(C4CCC(=O)NC4=O)C5=O)C3)ccc2n1. The average Bonchev–Trinajstić information content (AvgIpc) is 3.47. The number of amides is 3. The predicted octanol–water partition coefficient (Wildman–Crippen LogP) is 2.19. The van der Waals surface area contributed by atoms with E-state index in [0.29, 0.717) is 31.0 Å². The van der Waals surface area contributed by atoms with E-state index in [1.165, 1.54) is 5.56 Å². The fourth-order valence-corrected chi connectivity index (χ4v) is 5.53. The van der Waals surface area contributed by atoms with Crippen molar-refractivity contribution in [3.05, 3.63) is 65.1 Å². The Hall–Kier alpha value is -3.89. The number of piperidine rings is 1. The smallest absolute Gasteiger partial charge is 0.255 e. The maximum absolute atomic E-state index is 12.9. The number of carbonyl (C=O) groups excluding carboxylic acids is 3. The summed E-state index contributed by atoms with van der Waals surface area (Å²) in [7, 11) is 1.63. The molecular weight excluding hydrogens is 486 g/mol. The van der Waals surface area contributed by atoms with Crippen molar-refractivity contribution in [3.8, 4) is 5.75 Å². The van der Waals surface area contributed by atoms with E-state index >= 15 is 0 Å². The molecular formula is C28H29N5O5. The fourth-order valence-electron chi connectivity index (χ4n) is 5.53. The van der Waals surface area contributed by atoms with Gasteiger partial charge in [0, 0.05) is 56.9 Å². The number of nitrogens with one attached hydrogen (secondary N) is 1. The fraction of sp³-hybridized carbons (Fsp3) is 0.393. The maximum Gasteiger partial charge on any atom is 0.255 e. The van der Waals surface area contributed by atoms with E-state index in [-0.39, 0.29) is 24.3 Å². The van der Waals surface area contributed by atoms with Gasteiger partial charge in [0.15, 0.2) is 5.82 Å². The number of fused-ring (bicyclic) bond motifs is 2. The van der Waals surface area contributed by atoms with Crippen molar-refractivity contribution in [1.82, 2.24) is 25.1 Å². The molecule has 2 saturated heterocycles. The summed E-state index contributed by atoms with van der Waals surface area (Å²) in [4.78, 5) is 49.5. The minimum atomic E-state index is -0.616. The molecule has 0 saturated carbocycles. The molecule has 196 valence electrons. The first-order valence-electron chi connectivity index (χ1n) is 12.9. The van der Waals surface area contributed by atoms with Crippen molar-refractivity contribution in [1.29, 1.82) is 0 Å². The van der Waals surface area contributed by atoms with Crippen LogP contribution < -0.4 is 10.1 Å². The van der Waals surface area contributed by atoms with Gasteiger partial charge >= 0.3 is 0 Å². The zero-order valence-corrected chi connectivity index (χ0v) is 21.2. The van der Waals surface area contributed by atoms with E-state index in [1.807, 2.05) is 24.4 Å². The highest BCUT2D eigenvalue weighted by molar-refractivity contribution is 6.05. The number of rotatable bonds is 7. The molecule has 3 aliphatic heterocycles. The number of benzene rings is 2. The van der Waals surface area contributed by atoms with Crippen LogP contribution in [0.2, 0.25) is 0 Å². The zero-order chi connectivity index (χ0) is 26.2. The van der Waals surface area contributed by atoms with Crippen LogP contribution in [0.3, 0.4) is 0 Å². The lowest BCUT2D eigenvalue weighted by Crippen LogP contribution is -2.52. The van der Waals surface area contributed by atoms with Gasteiger partial charge in [-0.3, -0.25) is 24.6 Å². The number of carbonyl (C=O) groups is 3. The quantitative estimate of drug-likeness (QED) is 0.477. The first kappa shape index (κ1) is 24.4. The Kier molecular flexibility index (Phi) is 6.50. The van der Waals surface area contributed by atoms with Crippen molar-refractivity contribution in [2.75, 3.05) is 20.2 Å². The van der Waals surface area contributed by atoms with Crippen LogP contribution in [0.1, 0.15) is 46.6 Å². The number of hydrogen-bond donors (Lipinski definition) is 1. The molecule has 4 heterocycles. The normalized spacial score (nSPS) is 21.7. The lowest BCUT2D eigenvalue weighted by molar-refractivity contribution is -0.136. The van der Waals surface area contributed by atoms with Crippen LogP contribution in [0, 0.1) is 0 Å². The van der Waals surface area contributed by atoms with Gasteiger partial charge in [0.05, 0.1) is 5.52 Å². The molecule has 0 bridgehead atoms. The molecule has 10 heteroatoms. The second-order valence-electron chi connectivity index (χ2n) is 10.1. The molecule has 10 nitrogen and oxygen atoms in total. The van der Waals surface area contributed by atoms with Crippen LogP contribution in [0.5, 0.6) is 5.75 Å². The summed E-state index contributed by atoms with van der Waals surface area (Å²) in [5, 5.41) is 3.35. The summed E-state index contributed by atoms with van der Waals surface area (Å²) in [6.07, 6.45) is 3.40. The number of ether oxygens (including phenoxy) is 2. The minimum absolute atomic E-state index is 0.0526. The van der Waals surface area contributed by atoms with Crippen molar-refractivity contribution >= 4 is 28.6 Å². The minimum Gasteiger partial charge on any atom is -0.489 e. The van der Waals surface area contributed by atoms with Gasteiger partial charge in [-0.1, -0.05) is 6.07 Å². The molecule has 3 aliphatic rings. The third kappa shape index (κ3) is 4.84. The first-order valence-corrected chi connectivity index (χ1v) is 12.9. The molecule has 3 aromatic rings. The Labute approximate surface area is 219 Å². The molecule has 3 amide bonds. The lowest BCUT2D eigenvalue weighted by atomic mass is 10.0. The van der Waals surface area contributed by atoms with Crippen LogP contribution >= 0.6 is 0 Å². The van der Waals surface area contributed by atoms with Gasteiger partial charge in [-0.15, -0.1) is 0 Å². The molecule has 1 unspecified atom stereocenters. The van der Waals surface area contributed by atoms with Crippen molar-refractivity contribution in [2.24, 2.45) is 0 Å². The van der Waals surface area contributed by atoms with Gasteiger partial charge in [0.25, 0.3) is 5.91 Å². The molecule has 1 aromatic heterocycles. The Bertz CT molecular complexity index is 1430. The summed E-state index contributed by atoms with van der Waals surface area (Å²) in [6, 6.07) is 11.2. The molecule has 2 aromatic carbocycles. The summed E-state index contributed by atoms with van der Waals surface area (Å²) in [6.45, 7) is 3.28. The second kappa shape index (κ2) is 10.1. The number of aromatic nitrogens is 2. The third-order valence-corrected chi connectivity index (χ3v) is 7.40.